The number of nitrogens with zero attached hydrogens (tertiary/aromatic N) is 1. The number of carbonyl (C=O) groups excluding carboxylic acids is 1. The van der Waals surface area contributed by atoms with Gasteiger partial charge in [-0.15, -0.1) is 0 Å². The van der Waals surface area contributed by atoms with Gasteiger partial charge >= 0.3 is 18.2 Å². The maximum absolute atomic E-state index is 13.3. The van der Waals surface area contributed by atoms with E-state index in [1.807, 2.05) is 0 Å². The SMILES string of the molecule is NC(=O)N(c1ccc(F)cc1C(=O)O)c1ccccc1C(F)(F)F. The summed E-state index contributed by atoms with van der Waals surface area (Å²) in [5.41, 5.74) is 2.12. The lowest BCUT2D eigenvalue weighted by atomic mass is 10.1. The number of primary amides is 1. The normalized spacial score (nSPS) is 11.2. The summed E-state index contributed by atoms with van der Waals surface area (Å²) in [6.07, 6.45) is -4.81. The molecule has 0 aliphatic carbocycles. The van der Waals surface area contributed by atoms with Crippen molar-refractivity contribution in [2.24, 2.45) is 5.73 Å². The molecule has 2 aromatic rings. The number of carbonyl (C=O) groups is 2. The first-order chi connectivity index (χ1) is 11.1. The first-order valence-electron chi connectivity index (χ1n) is 6.41. The number of carboxylic acid groups (broad SMARTS) is 1. The largest absolute Gasteiger partial charge is 0.478 e. The Kier molecular flexibility index (Phi) is 4.45. The van der Waals surface area contributed by atoms with E-state index in [0.29, 0.717) is 11.0 Å². The maximum atomic E-state index is 13.3. The molecule has 0 fully saturated rings. The van der Waals surface area contributed by atoms with E-state index in [-0.39, 0.29) is 0 Å². The molecule has 126 valence electrons. The molecule has 2 rings (SSSR count). The number of alkyl halides is 3. The van der Waals surface area contributed by atoms with Gasteiger partial charge in [0, 0.05) is 0 Å². The minimum absolute atomic E-state index is 0.381. The topological polar surface area (TPSA) is 83.6 Å². The Hall–Kier alpha value is -3.10. The van der Waals surface area contributed by atoms with E-state index in [9.17, 15) is 27.2 Å². The smallest absolute Gasteiger partial charge is 0.418 e. The average Bonchev–Trinajstić information content (AvgIpc) is 2.48. The van der Waals surface area contributed by atoms with Crippen LogP contribution in [0.2, 0.25) is 0 Å². The van der Waals surface area contributed by atoms with Crippen molar-refractivity contribution in [3.63, 3.8) is 0 Å². The van der Waals surface area contributed by atoms with Crippen LogP contribution in [0.15, 0.2) is 42.5 Å². The van der Waals surface area contributed by atoms with E-state index in [4.69, 9.17) is 10.8 Å². The predicted molar refractivity (Wildman–Crippen MR) is 76.5 cm³/mol. The molecule has 0 aliphatic heterocycles. The van der Waals surface area contributed by atoms with Crippen LogP contribution >= 0.6 is 0 Å². The van der Waals surface area contributed by atoms with Gasteiger partial charge in [-0.2, -0.15) is 13.2 Å². The first kappa shape index (κ1) is 17.3. The Balaban J connectivity index is 2.75. The van der Waals surface area contributed by atoms with Crippen LogP contribution < -0.4 is 10.6 Å². The maximum Gasteiger partial charge on any atom is 0.418 e. The average molecular weight is 342 g/mol. The Morgan fingerprint density at radius 3 is 2.21 bits per heavy atom. The molecule has 9 heteroatoms. The Labute approximate surface area is 132 Å². The fourth-order valence-corrected chi connectivity index (χ4v) is 2.15. The van der Waals surface area contributed by atoms with E-state index in [1.165, 1.54) is 6.07 Å². The van der Waals surface area contributed by atoms with E-state index in [2.05, 4.69) is 0 Å². The number of para-hydroxylation sites is 1. The molecule has 2 amide bonds. The quantitative estimate of drug-likeness (QED) is 0.833. The van der Waals surface area contributed by atoms with Crippen molar-refractivity contribution in [2.75, 3.05) is 4.90 Å². The number of rotatable bonds is 3. The van der Waals surface area contributed by atoms with Crippen LogP contribution in [-0.4, -0.2) is 17.1 Å². The molecular weight excluding hydrogens is 332 g/mol. The molecule has 0 saturated heterocycles. The van der Waals surface area contributed by atoms with Crippen LogP contribution in [0.5, 0.6) is 0 Å². The summed E-state index contributed by atoms with van der Waals surface area (Å²) in [5.74, 6) is -2.55. The molecule has 0 atom stereocenters. The van der Waals surface area contributed by atoms with Crippen molar-refractivity contribution in [3.05, 3.63) is 59.4 Å². The lowest BCUT2D eigenvalue weighted by molar-refractivity contribution is -0.137. The molecule has 0 unspecified atom stereocenters. The third-order valence-corrected chi connectivity index (χ3v) is 3.10. The van der Waals surface area contributed by atoms with Crippen molar-refractivity contribution >= 4 is 23.4 Å². The summed E-state index contributed by atoms with van der Waals surface area (Å²) >= 11 is 0. The summed E-state index contributed by atoms with van der Waals surface area (Å²) in [6.45, 7) is 0. The lowest BCUT2D eigenvalue weighted by Crippen LogP contribution is -2.34. The Morgan fingerprint density at radius 2 is 1.67 bits per heavy atom. The molecule has 0 saturated carbocycles. The fraction of sp³-hybridized carbons (Fsp3) is 0.0667. The van der Waals surface area contributed by atoms with E-state index < -0.39 is 46.5 Å². The summed E-state index contributed by atoms with van der Waals surface area (Å²) in [4.78, 5) is 23.4. The molecule has 5 nitrogen and oxygen atoms in total. The van der Waals surface area contributed by atoms with Crippen LogP contribution in [0.4, 0.5) is 33.7 Å². The second-order valence-electron chi connectivity index (χ2n) is 4.66. The number of anilines is 2. The van der Waals surface area contributed by atoms with Crippen LogP contribution in [0, 0.1) is 5.82 Å². The van der Waals surface area contributed by atoms with Gasteiger partial charge in [0.05, 0.1) is 22.5 Å². The number of hydrogen-bond donors (Lipinski definition) is 2. The molecular formula is C15H10F4N2O3. The highest BCUT2D eigenvalue weighted by Gasteiger charge is 2.36. The summed E-state index contributed by atoms with van der Waals surface area (Å²) in [5, 5.41) is 9.13. The number of nitrogens with two attached hydrogens (primary N) is 1. The second kappa shape index (κ2) is 6.19. The van der Waals surface area contributed by atoms with Gasteiger partial charge in [-0.25, -0.2) is 14.0 Å². The van der Waals surface area contributed by atoms with Gasteiger partial charge in [-0.05, 0) is 30.3 Å². The van der Waals surface area contributed by atoms with Gasteiger partial charge in [0.1, 0.15) is 5.82 Å². The van der Waals surface area contributed by atoms with Gasteiger partial charge in [-0.1, -0.05) is 12.1 Å². The second-order valence-corrected chi connectivity index (χ2v) is 4.66. The van der Waals surface area contributed by atoms with Gasteiger partial charge in [0.25, 0.3) is 0 Å². The molecule has 3 N–H and O–H groups in total. The molecule has 2 aromatic carbocycles. The Morgan fingerprint density at radius 1 is 1.04 bits per heavy atom. The molecule has 0 bridgehead atoms. The molecule has 0 aromatic heterocycles. The minimum atomic E-state index is -4.81. The molecule has 24 heavy (non-hydrogen) atoms. The number of hydrogen-bond acceptors (Lipinski definition) is 2. The zero-order valence-electron chi connectivity index (χ0n) is 11.8. The first-order valence-corrected chi connectivity index (χ1v) is 6.41. The monoisotopic (exact) mass is 342 g/mol. The van der Waals surface area contributed by atoms with Crippen LogP contribution in [0.3, 0.4) is 0 Å². The Bertz CT molecular complexity index is 806. The van der Waals surface area contributed by atoms with Crippen LogP contribution in [0.1, 0.15) is 15.9 Å². The molecule has 0 radical (unpaired) electrons. The van der Waals surface area contributed by atoms with Crippen molar-refractivity contribution in [1.82, 2.24) is 0 Å². The minimum Gasteiger partial charge on any atom is -0.478 e. The van der Waals surface area contributed by atoms with Gasteiger partial charge in [0.2, 0.25) is 0 Å². The summed E-state index contributed by atoms with van der Waals surface area (Å²) < 4.78 is 52.7. The third-order valence-electron chi connectivity index (χ3n) is 3.10. The van der Waals surface area contributed by atoms with E-state index >= 15 is 0 Å². The van der Waals surface area contributed by atoms with Crippen molar-refractivity contribution in [1.29, 1.82) is 0 Å². The van der Waals surface area contributed by atoms with Crippen LogP contribution in [0.25, 0.3) is 0 Å². The number of aromatic carboxylic acids is 1. The number of amides is 2. The molecule has 0 spiro atoms. The summed E-state index contributed by atoms with van der Waals surface area (Å²) in [6, 6.07) is 4.94. The zero-order valence-corrected chi connectivity index (χ0v) is 11.8. The van der Waals surface area contributed by atoms with Crippen molar-refractivity contribution < 1.29 is 32.3 Å². The number of urea groups is 1. The summed E-state index contributed by atoms with van der Waals surface area (Å²) in [7, 11) is 0. The predicted octanol–water partition coefficient (Wildman–Crippen LogP) is 3.76. The number of carboxylic acids is 1. The lowest BCUT2D eigenvalue weighted by Gasteiger charge is -2.25. The third kappa shape index (κ3) is 3.29. The highest BCUT2D eigenvalue weighted by atomic mass is 19.4. The van der Waals surface area contributed by atoms with Crippen LogP contribution in [-0.2, 0) is 6.18 Å². The van der Waals surface area contributed by atoms with Gasteiger partial charge < -0.3 is 10.8 Å². The highest BCUT2D eigenvalue weighted by Crippen LogP contribution is 2.39. The van der Waals surface area contributed by atoms with Crippen molar-refractivity contribution in [2.45, 2.75) is 6.18 Å². The standard InChI is InChI=1S/C15H10F4N2O3/c16-8-5-6-11(9(7-8)13(22)23)21(14(20)24)12-4-2-1-3-10(12)15(17,18)19/h1-7H,(H2,20,24)(H,22,23). The van der Waals surface area contributed by atoms with Gasteiger partial charge in [0.15, 0.2) is 0 Å². The highest BCUT2D eigenvalue weighted by molar-refractivity contribution is 6.05. The van der Waals surface area contributed by atoms with Gasteiger partial charge in [-0.3, -0.25) is 4.90 Å². The number of benzene rings is 2. The zero-order chi connectivity index (χ0) is 18.1. The van der Waals surface area contributed by atoms with E-state index in [0.717, 1.165) is 30.3 Å². The van der Waals surface area contributed by atoms with E-state index in [1.54, 1.807) is 0 Å². The van der Waals surface area contributed by atoms with Crippen molar-refractivity contribution in [3.8, 4) is 0 Å². The molecule has 0 aliphatic rings. The number of halogens is 4. The fourth-order valence-electron chi connectivity index (χ4n) is 2.15. The molecule has 0 heterocycles.